The fraction of sp³-hybridized carbons (Fsp3) is 0.400. The zero-order valence-electron chi connectivity index (χ0n) is 13.8. The zero-order valence-corrected chi connectivity index (χ0v) is 13.8. The maximum absolute atomic E-state index is 12.8. The summed E-state index contributed by atoms with van der Waals surface area (Å²) in [5.74, 6) is 0.592. The molecular formula is C20H23N3O. The van der Waals surface area contributed by atoms with Crippen molar-refractivity contribution >= 4 is 6.03 Å². The number of hydrogen-bond donors (Lipinski definition) is 1. The van der Waals surface area contributed by atoms with E-state index in [9.17, 15) is 4.79 Å². The molecule has 1 saturated carbocycles. The number of carbonyl (C=O) groups excluding carboxylic acids is 1. The number of pyridine rings is 1. The minimum absolute atomic E-state index is 0.0302. The van der Waals surface area contributed by atoms with E-state index in [2.05, 4.69) is 39.5 Å². The predicted molar refractivity (Wildman–Crippen MR) is 93.3 cm³/mol. The van der Waals surface area contributed by atoms with Gasteiger partial charge in [-0.15, -0.1) is 0 Å². The highest BCUT2D eigenvalue weighted by Gasteiger charge is 2.56. The van der Waals surface area contributed by atoms with Gasteiger partial charge in [0.25, 0.3) is 0 Å². The van der Waals surface area contributed by atoms with E-state index in [4.69, 9.17) is 0 Å². The van der Waals surface area contributed by atoms with Crippen LogP contribution in [0.2, 0.25) is 0 Å². The molecule has 4 rings (SSSR count). The molecule has 1 aromatic carbocycles. The van der Waals surface area contributed by atoms with Gasteiger partial charge in [-0.05, 0) is 30.5 Å². The Balaban J connectivity index is 1.53. The molecule has 1 N–H and O–H groups in total. The van der Waals surface area contributed by atoms with Crippen molar-refractivity contribution < 1.29 is 4.79 Å². The highest BCUT2D eigenvalue weighted by molar-refractivity contribution is 5.77. The average molecular weight is 321 g/mol. The van der Waals surface area contributed by atoms with Gasteiger partial charge in [-0.3, -0.25) is 4.98 Å². The minimum Gasteiger partial charge on any atom is -0.332 e. The van der Waals surface area contributed by atoms with Crippen LogP contribution in [0.15, 0.2) is 54.7 Å². The molecule has 2 amide bonds. The van der Waals surface area contributed by atoms with Gasteiger partial charge in [0.2, 0.25) is 0 Å². The van der Waals surface area contributed by atoms with Crippen LogP contribution in [0.3, 0.4) is 0 Å². The van der Waals surface area contributed by atoms with Crippen LogP contribution >= 0.6 is 0 Å². The summed E-state index contributed by atoms with van der Waals surface area (Å²) in [6.07, 6.45) is 6.52. The molecule has 124 valence electrons. The van der Waals surface area contributed by atoms with Crippen molar-refractivity contribution in [2.24, 2.45) is 5.92 Å². The van der Waals surface area contributed by atoms with Crippen molar-refractivity contribution in [2.75, 3.05) is 6.54 Å². The highest BCUT2D eigenvalue weighted by atomic mass is 16.2. The van der Waals surface area contributed by atoms with E-state index < -0.39 is 0 Å². The number of carbonyl (C=O) groups is 1. The maximum Gasteiger partial charge on any atom is 0.318 e. The number of rotatable bonds is 3. The van der Waals surface area contributed by atoms with E-state index in [0.29, 0.717) is 12.5 Å². The third kappa shape index (κ3) is 2.46. The molecule has 1 aliphatic carbocycles. The van der Waals surface area contributed by atoms with Crippen molar-refractivity contribution in [1.29, 1.82) is 0 Å². The number of amides is 2. The van der Waals surface area contributed by atoms with E-state index in [1.165, 1.54) is 24.8 Å². The number of benzene rings is 1. The van der Waals surface area contributed by atoms with Crippen molar-refractivity contribution in [3.63, 3.8) is 0 Å². The summed E-state index contributed by atoms with van der Waals surface area (Å²) in [7, 11) is 0. The van der Waals surface area contributed by atoms with Gasteiger partial charge in [0, 0.05) is 18.7 Å². The van der Waals surface area contributed by atoms with Crippen LogP contribution < -0.4 is 5.32 Å². The average Bonchev–Trinajstić information content (AvgIpc) is 2.63. The van der Waals surface area contributed by atoms with E-state index in [-0.39, 0.29) is 11.6 Å². The van der Waals surface area contributed by atoms with Crippen molar-refractivity contribution in [2.45, 2.75) is 37.8 Å². The topological polar surface area (TPSA) is 45.2 Å². The first-order chi connectivity index (χ1) is 11.8. The number of nitrogens with one attached hydrogen (secondary N) is 1. The minimum atomic E-state index is -0.103. The monoisotopic (exact) mass is 321 g/mol. The van der Waals surface area contributed by atoms with Gasteiger partial charge in [-0.2, -0.15) is 0 Å². The molecule has 1 saturated heterocycles. The summed E-state index contributed by atoms with van der Waals surface area (Å²) in [6, 6.07) is 16.4. The summed E-state index contributed by atoms with van der Waals surface area (Å²) in [6.45, 7) is 1.34. The second-order valence-corrected chi connectivity index (χ2v) is 6.82. The summed E-state index contributed by atoms with van der Waals surface area (Å²) >= 11 is 0. The van der Waals surface area contributed by atoms with Crippen molar-refractivity contribution in [3.05, 3.63) is 66.0 Å². The lowest BCUT2D eigenvalue weighted by atomic mass is 9.62. The normalized spacial score (nSPS) is 25.5. The Hall–Kier alpha value is -2.36. The number of fused-ring (bicyclic) bond motifs is 1. The Morgan fingerprint density at radius 3 is 2.75 bits per heavy atom. The Kier molecular flexibility index (Phi) is 3.97. The lowest BCUT2D eigenvalue weighted by molar-refractivity contribution is -0.0794. The molecule has 2 fully saturated rings. The van der Waals surface area contributed by atoms with Gasteiger partial charge in [-0.25, -0.2) is 4.79 Å². The van der Waals surface area contributed by atoms with E-state index >= 15 is 0 Å². The lowest BCUT2D eigenvalue weighted by Crippen LogP contribution is -2.69. The van der Waals surface area contributed by atoms with Crippen LogP contribution in [0.5, 0.6) is 0 Å². The first-order valence-electron chi connectivity index (χ1n) is 8.81. The number of nitrogens with zero attached hydrogens (tertiary/aromatic N) is 2. The van der Waals surface area contributed by atoms with Crippen LogP contribution in [-0.2, 0) is 12.1 Å². The fourth-order valence-electron chi connectivity index (χ4n) is 4.39. The first kappa shape index (κ1) is 15.2. The van der Waals surface area contributed by atoms with Gasteiger partial charge in [-0.1, -0.05) is 49.2 Å². The van der Waals surface area contributed by atoms with Crippen LogP contribution in [0, 0.1) is 5.92 Å². The summed E-state index contributed by atoms with van der Waals surface area (Å²) in [5, 5.41) is 3.05. The number of aromatic nitrogens is 1. The summed E-state index contributed by atoms with van der Waals surface area (Å²) in [5.41, 5.74) is 2.07. The van der Waals surface area contributed by atoms with Crippen molar-refractivity contribution in [1.82, 2.24) is 15.2 Å². The fourth-order valence-corrected chi connectivity index (χ4v) is 4.39. The third-order valence-corrected chi connectivity index (χ3v) is 5.59. The molecule has 1 aromatic heterocycles. The summed E-state index contributed by atoms with van der Waals surface area (Å²) < 4.78 is 0. The maximum atomic E-state index is 12.8. The number of urea groups is 1. The lowest BCUT2D eigenvalue weighted by Gasteiger charge is -2.61. The molecule has 24 heavy (non-hydrogen) atoms. The molecule has 4 nitrogen and oxygen atoms in total. The van der Waals surface area contributed by atoms with Crippen molar-refractivity contribution in [3.8, 4) is 0 Å². The summed E-state index contributed by atoms with van der Waals surface area (Å²) in [4.78, 5) is 19.1. The molecular weight excluding hydrogens is 298 g/mol. The van der Waals surface area contributed by atoms with Crippen LogP contribution in [0.1, 0.15) is 36.9 Å². The Labute approximate surface area is 142 Å². The van der Waals surface area contributed by atoms with E-state index in [1.54, 1.807) is 6.20 Å². The quantitative estimate of drug-likeness (QED) is 0.937. The number of hydrogen-bond acceptors (Lipinski definition) is 2. The second-order valence-electron chi connectivity index (χ2n) is 6.82. The van der Waals surface area contributed by atoms with Gasteiger partial charge >= 0.3 is 6.03 Å². The van der Waals surface area contributed by atoms with E-state index in [1.807, 2.05) is 24.3 Å². The molecule has 4 heteroatoms. The van der Waals surface area contributed by atoms with E-state index in [0.717, 1.165) is 18.7 Å². The van der Waals surface area contributed by atoms with Gasteiger partial charge < -0.3 is 10.2 Å². The Bertz CT molecular complexity index is 703. The third-order valence-electron chi connectivity index (χ3n) is 5.59. The number of likely N-dealkylation sites (tertiary alicyclic amines) is 1. The van der Waals surface area contributed by atoms with Gasteiger partial charge in [0.05, 0.1) is 17.8 Å². The molecule has 0 unspecified atom stereocenters. The largest absolute Gasteiger partial charge is 0.332 e. The first-order valence-corrected chi connectivity index (χ1v) is 8.81. The molecule has 2 aliphatic rings. The molecule has 2 heterocycles. The standard InChI is InChI=1S/C20H23N3O/c24-19(22-14-18-11-5-7-13-21-18)23-15-17-10-4-6-12-20(17,23)16-8-2-1-3-9-16/h1-3,5,7-9,11,13,17H,4,6,10,12,14-15H2,(H,22,24)/t17-,20-/m0/s1. The molecule has 2 atom stereocenters. The van der Waals surface area contributed by atoms with Crippen LogP contribution in [0.25, 0.3) is 0 Å². The molecule has 0 spiro atoms. The van der Waals surface area contributed by atoms with Crippen LogP contribution in [-0.4, -0.2) is 22.5 Å². The SMILES string of the molecule is O=C(NCc1ccccn1)N1C[C@@H]2CCCC[C@]21c1ccccc1. The molecule has 0 bridgehead atoms. The molecule has 1 aliphatic heterocycles. The van der Waals surface area contributed by atoms with Gasteiger partial charge in [0.1, 0.15) is 0 Å². The molecule has 0 radical (unpaired) electrons. The van der Waals surface area contributed by atoms with Crippen LogP contribution in [0.4, 0.5) is 4.79 Å². The Morgan fingerprint density at radius 1 is 1.17 bits per heavy atom. The smallest absolute Gasteiger partial charge is 0.318 e. The predicted octanol–water partition coefficient (Wildman–Crippen LogP) is 3.69. The van der Waals surface area contributed by atoms with Gasteiger partial charge in [0.15, 0.2) is 0 Å². The second kappa shape index (κ2) is 6.27. The Morgan fingerprint density at radius 2 is 2.00 bits per heavy atom. The zero-order chi connectivity index (χ0) is 16.4. The molecule has 2 aromatic rings. The highest BCUT2D eigenvalue weighted by Crippen LogP contribution is 2.53.